The van der Waals surface area contributed by atoms with Gasteiger partial charge in [0.05, 0.1) is 6.10 Å². The molecule has 0 spiro atoms. The Hall–Kier alpha value is -0.120. The minimum absolute atomic E-state index is 0.492. The quantitative estimate of drug-likeness (QED) is 0.596. The third kappa shape index (κ3) is 6.46. The highest BCUT2D eigenvalue weighted by Gasteiger charge is 2.16. The van der Waals surface area contributed by atoms with Gasteiger partial charge in [-0.25, -0.2) is 0 Å². The largest absolute Gasteiger partial charge is 0.381 e. The molecule has 0 atom stereocenters. The van der Waals surface area contributed by atoms with E-state index in [0.717, 1.165) is 26.2 Å². The first-order chi connectivity index (χ1) is 7.83. The Morgan fingerprint density at radius 3 is 2.44 bits per heavy atom. The van der Waals surface area contributed by atoms with Gasteiger partial charge in [-0.1, -0.05) is 13.3 Å². The molecular formula is C13H27NO2. The maximum Gasteiger partial charge on any atom is 0.0599 e. The van der Waals surface area contributed by atoms with Crippen molar-refractivity contribution in [3.8, 4) is 0 Å². The van der Waals surface area contributed by atoms with Crippen LogP contribution in [0.3, 0.4) is 0 Å². The van der Waals surface area contributed by atoms with Gasteiger partial charge in [0.25, 0.3) is 0 Å². The molecule has 0 aromatic carbocycles. The second kappa shape index (κ2) is 8.97. The summed E-state index contributed by atoms with van der Waals surface area (Å²) in [7, 11) is 2.18. The van der Waals surface area contributed by atoms with Gasteiger partial charge in [-0.3, -0.25) is 0 Å². The lowest BCUT2D eigenvalue weighted by atomic mass is 10.1. The van der Waals surface area contributed by atoms with Gasteiger partial charge >= 0.3 is 0 Å². The minimum atomic E-state index is 0.492. The molecule has 1 fully saturated rings. The normalized spacial score (nSPS) is 19.1. The third-order valence-electron chi connectivity index (χ3n) is 3.09. The van der Waals surface area contributed by atoms with E-state index in [0.29, 0.717) is 6.10 Å². The second-order valence-electron chi connectivity index (χ2n) is 4.69. The van der Waals surface area contributed by atoms with E-state index in [9.17, 15) is 0 Å². The SMILES string of the molecule is CCCCOCCCOC1CCN(C)CC1. The zero-order valence-electron chi connectivity index (χ0n) is 10.9. The number of rotatable bonds is 8. The number of likely N-dealkylation sites (tertiary alicyclic amines) is 1. The van der Waals surface area contributed by atoms with Gasteiger partial charge in [-0.2, -0.15) is 0 Å². The van der Waals surface area contributed by atoms with Crippen molar-refractivity contribution in [1.82, 2.24) is 4.90 Å². The molecule has 3 nitrogen and oxygen atoms in total. The Morgan fingerprint density at radius 2 is 1.75 bits per heavy atom. The van der Waals surface area contributed by atoms with Crippen molar-refractivity contribution in [2.75, 3.05) is 40.0 Å². The lowest BCUT2D eigenvalue weighted by Gasteiger charge is -2.28. The molecule has 0 saturated carbocycles. The second-order valence-corrected chi connectivity index (χ2v) is 4.69. The lowest BCUT2D eigenvalue weighted by Crippen LogP contribution is -2.34. The van der Waals surface area contributed by atoms with Gasteiger partial charge in [-0.05, 0) is 32.7 Å². The molecule has 0 unspecified atom stereocenters. The first-order valence-corrected chi connectivity index (χ1v) is 6.71. The summed E-state index contributed by atoms with van der Waals surface area (Å²) in [6.45, 7) is 7.17. The van der Waals surface area contributed by atoms with E-state index in [2.05, 4.69) is 18.9 Å². The van der Waals surface area contributed by atoms with Crippen LogP contribution < -0.4 is 0 Å². The molecule has 0 amide bonds. The fourth-order valence-electron chi connectivity index (χ4n) is 1.91. The molecule has 96 valence electrons. The Bertz CT molecular complexity index is 156. The highest BCUT2D eigenvalue weighted by molar-refractivity contribution is 4.69. The molecule has 0 radical (unpaired) electrons. The van der Waals surface area contributed by atoms with Crippen molar-refractivity contribution in [1.29, 1.82) is 0 Å². The van der Waals surface area contributed by atoms with E-state index >= 15 is 0 Å². The molecule has 0 aliphatic carbocycles. The molecule has 1 aliphatic rings. The number of piperidine rings is 1. The van der Waals surface area contributed by atoms with Crippen LogP contribution >= 0.6 is 0 Å². The Kier molecular flexibility index (Phi) is 7.81. The van der Waals surface area contributed by atoms with Gasteiger partial charge in [-0.15, -0.1) is 0 Å². The molecular weight excluding hydrogens is 202 g/mol. The number of hydrogen-bond acceptors (Lipinski definition) is 3. The van der Waals surface area contributed by atoms with Crippen molar-refractivity contribution in [3.05, 3.63) is 0 Å². The van der Waals surface area contributed by atoms with E-state index in [1.807, 2.05) is 0 Å². The Balaban J connectivity index is 1.84. The zero-order chi connectivity index (χ0) is 11.6. The van der Waals surface area contributed by atoms with Crippen LogP contribution in [0.4, 0.5) is 0 Å². The molecule has 16 heavy (non-hydrogen) atoms. The van der Waals surface area contributed by atoms with Gasteiger partial charge in [0.2, 0.25) is 0 Å². The zero-order valence-corrected chi connectivity index (χ0v) is 10.9. The number of ether oxygens (including phenoxy) is 2. The molecule has 0 aromatic heterocycles. The van der Waals surface area contributed by atoms with E-state index < -0.39 is 0 Å². The number of nitrogens with zero attached hydrogens (tertiary/aromatic N) is 1. The topological polar surface area (TPSA) is 21.7 Å². The fourth-order valence-corrected chi connectivity index (χ4v) is 1.91. The molecule has 1 rings (SSSR count). The summed E-state index contributed by atoms with van der Waals surface area (Å²) >= 11 is 0. The summed E-state index contributed by atoms with van der Waals surface area (Å²) in [5.41, 5.74) is 0. The molecule has 0 aromatic rings. The Morgan fingerprint density at radius 1 is 1.06 bits per heavy atom. The molecule has 0 N–H and O–H groups in total. The fraction of sp³-hybridized carbons (Fsp3) is 1.00. The van der Waals surface area contributed by atoms with Crippen LogP contribution in [-0.4, -0.2) is 51.0 Å². The minimum Gasteiger partial charge on any atom is -0.381 e. The van der Waals surface area contributed by atoms with Gasteiger partial charge in [0.15, 0.2) is 0 Å². The predicted molar refractivity (Wildman–Crippen MR) is 66.8 cm³/mol. The molecule has 1 saturated heterocycles. The van der Waals surface area contributed by atoms with Crippen molar-refractivity contribution < 1.29 is 9.47 Å². The molecule has 0 bridgehead atoms. The summed E-state index contributed by atoms with van der Waals surface area (Å²) in [6.07, 6.45) is 6.30. The first-order valence-electron chi connectivity index (χ1n) is 6.71. The third-order valence-corrected chi connectivity index (χ3v) is 3.09. The molecule has 1 heterocycles. The average molecular weight is 229 g/mol. The summed E-state index contributed by atoms with van der Waals surface area (Å²) in [6, 6.07) is 0. The van der Waals surface area contributed by atoms with Crippen molar-refractivity contribution in [2.24, 2.45) is 0 Å². The number of hydrogen-bond donors (Lipinski definition) is 0. The Labute approximate surface area is 100 Å². The van der Waals surface area contributed by atoms with Crippen LogP contribution in [-0.2, 0) is 9.47 Å². The summed E-state index contributed by atoms with van der Waals surface area (Å²) in [4.78, 5) is 2.37. The van der Waals surface area contributed by atoms with E-state index in [-0.39, 0.29) is 0 Å². The van der Waals surface area contributed by atoms with Gasteiger partial charge in [0.1, 0.15) is 0 Å². The highest BCUT2D eigenvalue weighted by atomic mass is 16.5. The maximum atomic E-state index is 5.83. The van der Waals surface area contributed by atoms with Gasteiger partial charge < -0.3 is 14.4 Å². The first kappa shape index (κ1) is 13.9. The molecule has 3 heteroatoms. The van der Waals surface area contributed by atoms with Crippen LogP contribution in [0, 0.1) is 0 Å². The van der Waals surface area contributed by atoms with Crippen molar-refractivity contribution in [2.45, 2.75) is 45.1 Å². The van der Waals surface area contributed by atoms with Crippen LogP contribution in [0.25, 0.3) is 0 Å². The van der Waals surface area contributed by atoms with E-state index in [1.54, 1.807) is 0 Å². The predicted octanol–water partition coefficient (Wildman–Crippen LogP) is 2.30. The standard InChI is InChI=1S/C13H27NO2/c1-3-4-10-15-11-5-12-16-13-6-8-14(2)9-7-13/h13H,3-12H2,1-2H3. The summed E-state index contributed by atoms with van der Waals surface area (Å²) in [5.74, 6) is 0. The number of unbranched alkanes of at least 4 members (excludes halogenated alkanes) is 1. The highest BCUT2D eigenvalue weighted by Crippen LogP contribution is 2.12. The van der Waals surface area contributed by atoms with E-state index in [4.69, 9.17) is 9.47 Å². The van der Waals surface area contributed by atoms with Crippen molar-refractivity contribution >= 4 is 0 Å². The van der Waals surface area contributed by atoms with Crippen molar-refractivity contribution in [3.63, 3.8) is 0 Å². The van der Waals surface area contributed by atoms with Gasteiger partial charge in [0, 0.05) is 32.9 Å². The smallest absolute Gasteiger partial charge is 0.0599 e. The van der Waals surface area contributed by atoms with Crippen LogP contribution in [0.1, 0.15) is 39.0 Å². The summed E-state index contributed by atoms with van der Waals surface area (Å²) < 4.78 is 11.3. The lowest BCUT2D eigenvalue weighted by molar-refractivity contribution is 0.00117. The van der Waals surface area contributed by atoms with Crippen LogP contribution in [0.5, 0.6) is 0 Å². The van der Waals surface area contributed by atoms with Crippen LogP contribution in [0.15, 0.2) is 0 Å². The monoisotopic (exact) mass is 229 g/mol. The van der Waals surface area contributed by atoms with Crippen LogP contribution in [0.2, 0.25) is 0 Å². The van der Waals surface area contributed by atoms with E-state index in [1.165, 1.54) is 38.8 Å². The summed E-state index contributed by atoms with van der Waals surface area (Å²) in [5, 5.41) is 0. The maximum absolute atomic E-state index is 5.83. The molecule has 1 aliphatic heterocycles. The average Bonchev–Trinajstić information content (AvgIpc) is 2.30.